The van der Waals surface area contributed by atoms with Crippen molar-refractivity contribution in [3.63, 3.8) is 0 Å². The van der Waals surface area contributed by atoms with E-state index in [-0.39, 0.29) is 5.02 Å². The average Bonchev–Trinajstić information content (AvgIpc) is 2.43. The molecule has 0 aliphatic heterocycles. The van der Waals surface area contributed by atoms with Gasteiger partial charge >= 0.3 is 0 Å². The van der Waals surface area contributed by atoms with E-state index >= 15 is 0 Å². The largest absolute Gasteiger partial charge is 0.439 e. The van der Waals surface area contributed by atoms with Gasteiger partial charge in [-0.05, 0) is 37.2 Å². The summed E-state index contributed by atoms with van der Waals surface area (Å²) >= 11 is 5.72. The Morgan fingerprint density at radius 1 is 1.35 bits per heavy atom. The summed E-state index contributed by atoms with van der Waals surface area (Å²) in [7, 11) is 0. The zero-order chi connectivity index (χ0) is 14.5. The van der Waals surface area contributed by atoms with Gasteiger partial charge in [0.2, 0.25) is 5.88 Å². The zero-order valence-electron chi connectivity index (χ0n) is 11.4. The maximum Gasteiger partial charge on any atom is 0.222 e. The van der Waals surface area contributed by atoms with Crippen molar-refractivity contribution in [1.82, 2.24) is 10.3 Å². The van der Waals surface area contributed by atoms with Crippen molar-refractivity contribution < 1.29 is 9.13 Å². The number of ether oxygens (including phenoxy) is 1. The van der Waals surface area contributed by atoms with Crippen molar-refractivity contribution in [2.24, 2.45) is 0 Å². The summed E-state index contributed by atoms with van der Waals surface area (Å²) in [5, 5.41) is 3.27. The van der Waals surface area contributed by atoms with Gasteiger partial charge in [-0.15, -0.1) is 0 Å². The Balaban J connectivity index is 2.14. The molecule has 0 aliphatic carbocycles. The van der Waals surface area contributed by atoms with Gasteiger partial charge in [0.15, 0.2) is 0 Å². The van der Waals surface area contributed by atoms with Crippen LogP contribution in [-0.4, -0.2) is 11.5 Å². The van der Waals surface area contributed by atoms with E-state index in [2.05, 4.69) is 17.2 Å². The molecule has 106 valence electrons. The van der Waals surface area contributed by atoms with E-state index in [9.17, 15) is 4.39 Å². The van der Waals surface area contributed by atoms with Crippen LogP contribution in [0.25, 0.3) is 0 Å². The van der Waals surface area contributed by atoms with Crippen molar-refractivity contribution in [1.29, 1.82) is 0 Å². The first-order valence-corrected chi connectivity index (χ1v) is 6.77. The smallest absolute Gasteiger partial charge is 0.222 e. The number of pyridine rings is 1. The van der Waals surface area contributed by atoms with E-state index in [0.29, 0.717) is 11.6 Å². The molecule has 0 amide bonds. The van der Waals surface area contributed by atoms with E-state index in [1.807, 2.05) is 13.0 Å². The van der Waals surface area contributed by atoms with Crippen LogP contribution < -0.4 is 10.1 Å². The van der Waals surface area contributed by atoms with E-state index in [1.165, 1.54) is 18.2 Å². The third-order valence-corrected chi connectivity index (χ3v) is 3.06. The van der Waals surface area contributed by atoms with Crippen LogP contribution in [0.2, 0.25) is 5.02 Å². The standard InChI is InChI=1S/C15H16ClFN2O/c1-3-18-8-11-6-10(2)15(19-9-11)20-12-4-5-14(17)13(16)7-12/h4-7,9,18H,3,8H2,1-2H3. The SMILES string of the molecule is CCNCc1cnc(Oc2ccc(F)c(Cl)c2)c(C)c1. The van der Waals surface area contributed by atoms with Gasteiger partial charge in [0.1, 0.15) is 11.6 Å². The molecule has 20 heavy (non-hydrogen) atoms. The van der Waals surface area contributed by atoms with Crippen molar-refractivity contribution in [2.45, 2.75) is 20.4 Å². The number of rotatable bonds is 5. The second-order valence-corrected chi connectivity index (χ2v) is 4.83. The number of aromatic nitrogens is 1. The van der Waals surface area contributed by atoms with Gasteiger partial charge in [0.25, 0.3) is 0 Å². The summed E-state index contributed by atoms with van der Waals surface area (Å²) in [6.45, 7) is 5.65. The van der Waals surface area contributed by atoms with Gasteiger partial charge in [-0.3, -0.25) is 0 Å². The highest BCUT2D eigenvalue weighted by molar-refractivity contribution is 6.30. The summed E-state index contributed by atoms with van der Waals surface area (Å²) in [4.78, 5) is 4.28. The lowest BCUT2D eigenvalue weighted by atomic mass is 10.2. The van der Waals surface area contributed by atoms with Gasteiger partial charge in [0.05, 0.1) is 5.02 Å². The number of hydrogen-bond donors (Lipinski definition) is 1. The number of halogens is 2. The van der Waals surface area contributed by atoms with Crippen molar-refractivity contribution in [3.05, 3.63) is 52.4 Å². The molecule has 0 saturated carbocycles. The fourth-order valence-electron chi connectivity index (χ4n) is 1.75. The van der Waals surface area contributed by atoms with Crippen LogP contribution in [0.4, 0.5) is 4.39 Å². The maximum atomic E-state index is 13.1. The van der Waals surface area contributed by atoms with Gasteiger partial charge in [-0.25, -0.2) is 9.37 Å². The van der Waals surface area contributed by atoms with Crippen LogP contribution in [0.3, 0.4) is 0 Å². The normalized spacial score (nSPS) is 10.6. The van der Waals surface area contributed by atoms with Gasteiger partial charge in [0, 0.05) is 24.4 Å². The molecule has 0 saturated heterocycles. The molecule has 0 aliphatic rings. The lowest BCUT2D eigenvalue weighted by Crippen LogP contribution is -2.12. The quantitative estimate of drug-likeness (QED) is 0.902. The fraction of sp³-hybridized carbons (Fsp3) is 0.267. The van der Waals surface area contributed by atoms with E-state index in [4.69, 9.17) is 16.3 Å². The van der Waals surface area contributed by atoms with Crippen LogP contribution in [0.15, 0.2) is 30.5 Å². The number of aryl methyl sites for hydroxylation is 1. The molecule has 1 N–H and O–H groups in total. The molecule has 0 fully saturated rings. The minimum absolute atomic E-state index is 0.0314. The summed E-state index contributed by atoms with van der Waals surface area (Å²) in [5.74, 6) is 0.490. The fourth-order valence-corrected chi connectivity index (χ4v) is 1.92. The predicted octanol–water partition coefficient (Wildman–Crippen LogP) is 4.08. The summed E-state index contributed by atoms with van der Waals surface area (Å²) in [6, 6.07) is 6.24. The molecule has 1 aromatic heterocycles. The van der Waals surface area contributed by atoms with Crippen LogP contribution in [0.5, 0.6) is 11.6 Å². The van der Waals surface area contributed by atoms with Crippen LogP contribution in [0.1, 0.15) is 18.1 Å². The first-order valence-electron chi connectivity index (χ1n) is 6.39. The second kappa shape index (κ2) is 6.68. The summed E-state index contributed by atoms with van der Waals surface area (Å²) < 4.78 is 18.7. The Morgan fingerprint density at radius 3 is 2.80 bits per heavy atom. The van der Waals surface area contributed by atoms with Crippen molar-refractivity contribution >= 4 is 11.6 Å². The lowest BCUT2D eigenvalue weighted by Gasteiger charge is -2.10. The van der Waals surface area contributed by atoms with Gasteiger partial charge in [-0.2, -0.15) is 0 Å². The molecule has 0 spiro atoms. The Labute approximate surface area is 122 Å². The Hall–Kier alpha value is -1.65. The number of nitrogens with one attached hydrogen (secondary N) is 1. The van der Waals surface area contributed by atoms with E-state index < -0.39 is 5.82 Å². The molecule has 3 nitrogen and oxygen atoms in total. The highest BCUT2D eigenvalue weighted by Gasteiger charge is 2.07. The predicted molar refractivity (Wildman–Crippen MR) is 77.8 cm³/mol. The first-order chi connectivity index (χ1) is 9.60. The van der Waals surface area contributed by atoms with E-state index in [1.54, 1.807) is 6.20 Å². The molecule has 5 heteroatoms. The van der Waals surface area contributed by atoms with Crippen LogP contribution in [0, 0.1) is 12.7 Å². The van der Waals surface area contributed by atoms with Gasteiger partial charge < -0.3 is 10.1 Å². The van der Waals surface area contributed by atoms with Gasteiger partial charge in [-0.1, -0.05) is 18.5 Å². The Kier molecular flexibility index (Phi) is 4.93. The second-order valence-electron chi connectivity index (χ2n) is 4.42. The summed E-state index contributed by atoms with van der Waals surface area (Å²) in [5.41, 5.74) is 2.01. The third kappa shape index (κ3) is 3.68. The molecule has 0 radical (unpaired) electrons. The molecule has 2 aromatic rings. The molecule has 0 unspecified atom stereocenters. The Bertz CT molecular complexity index is 604. The zero-order valence-corrected chi connectivity index (χ0v) is 12.2. The lowest BCUT2D eigenvalue weighted by molar-refractivity contribution is 0.456. The highest BCUT2D eigenvalue weighted by Crippen LogP contribution is 2.27. The number of hydrogen-bond acceptors (Lipinski definition) is 3. The minimum Gasteiger partial charge on any atom is -0.439 e. The molecule has 2 rings (SSSR count). The molecule has 1 heterocycles. The third-order valence-electron chi connectivity index (χ3n) is 2.77. The Morgan fingerprint density at radius 2 is 2.15 bits per heavy atom. The maximum absolute atomic E-state index is 13.1. The van der Waals surface area contributed by atoms with E-state index in [0.717, 1.165) is 24.2 Å². The monoisotopic (exact) mass is 294 g/mol. The first kappa shape index (κ1) is 14.8. The highest BCUT2D eigenvalue weighted by atomic mass is 35.5. The minimum atomic E-state index is -0.468. The van der Waals surface area contributed by atoms with Crippen LogP contribution >= 0.6 is 11.6 Å². The van der Waals surface area contributed by atoms with Crippen LogP contribution in [-0.2, 0) is 6.54 Å². The number of nitrogens with zero attached hydrogens (tertiary/aromatic N) is 1. The molecular weight excluding hydrogens is 279 g/mol. The molecular formula is C15H16ClFN2O. The molecule has 0 atom stereocenters. The average molecular weight is 295 g/mol. The van der Waals surface area contributed by atoms with Crippen molar-refractivity contribution in [3.8, 4) is 11.6 Å². The number of benzene rings is 1. The molecule has 0 bridgehead atoms. The topological polar surface area (TPSA) is 34.2 Å². The summed E-state index contributed by atoms with van der Waals surface area (Å²) in [6.07, 6.45) is 1.76. The van der Waals surface area contributed by atoms with Crippen molar-refractivity contribution in [2.75, 3.05) is 6.54 Å². The molecule has 1 aromatic carbocycles.